The van der Waals surface area contributed by atoms with E-state index in [4.69, 9.17) is 15.0 Å². The Kier molecular flexibility index (Phi) is 52.5. The van der Waals surface area contributed by atoms with E-state index in [1.54, 1.807) is 0 Å². The molecule has 40 valence electrons. The van der Waals surface area contributed by atoms with Crippen LogP contribution >= 0.6 is 12.4 Å². The van der Waals surface area contributed by atoms with Crippen LogP contribution in [0.5, 0.6) is 0 Å². The zero-order valence-electron chi connectivity index (χ0n) is 2.21. The van der Waals surface area contributed by atoms with Gasteiger partial charge in [0.15, 0.2) is 0 Å². The Hall–Kier alpha value is 1.59. The van der Waals surface area contributed by atoms with Gasteiger partial charge in [0.2, 0.25) is 0 Å². The molecule has 0 amide bonds. The van der Waals surface area contributed by atoms with Crippen molar-refractivity contribution in [3.63, 3.8) is 0 Å². The molecule has 0 atom stereocenters. The van der Waals surface area contributed by atoms with E-state index in [1.165, 1.54) is 0 Å². The molecule has 0 aliphatic heterocycles. The van der Waals surface area contributed by atoms with Crippen molar-refractivity contribution in [1.29, 1.82) is 0 Å². The van der Waals surface area contributed by atoms with Crippen LogP contribution in [0, 0.1) is 0 Å². The first kappa shape index (κ1) is 23.5. The minimum atomic E-state index is -1.83. The van der Waals surface area contributed by atoms with Crippen LogP contribution in [0.4, 0.5) is 4.79 Å². The zero-order valence-corrected chi connectivity index (χ0v) is 3.03. The Morgan fingerprint density at radius 3 is 1.29 bits per heavy atom. The fraction of sp³-hybridized carbons (Fsp3) is 0. The van der Waals surface area contributed by atoms with Crippen molar-refractivity contribution in [2.75, 3.05) is 0 Å². The molecule has 0 bridgehead atoms. The summed E-state index contributed by atoms with van der Waals surface area (Å²) in [6, 6.07) is 0. The third-order valence-corrected chi connectivity index (χ3v) is 0. The maximum atomic E-state index is 8.56. The van der Waals surface area contributed by atoms with E-state index < -0.39 is 6.16 Å². The topological polar surface area (TPSA) is 57.5 Å². The standard InChI is InChI=1S/CH2O3.Ca.ClH.Mg.4H/c2-1(3)4;;;;;;;/h(H2,2,3,4);;1H;;;;;. The Morgan fingerprint density at radius 1 is 1.29 bits per heavy atom. The summed E-state index contributed by atoms with van der Waals surface area (Å²) in [7, 11) is 0. The summed E-state index contributed by atoms with van der Waals surface area (Å²) in [4.78, 5) is 8.56. The maximum absolute atomic E-state index is 8.56. The van der Waals surface area contributed by atoms with Crippen LogP contribution in [-0.2, 0) is 0 Å². The average molecular weight is 167 g/mol. The fourth-order valence-corrected chi connectivity index (χ4v) is 0. The van der Waals surface area contributed by atoms with Gasteiger partial charge in [0.05, 0.1) is 0 Å². The molecular weight excluding hydrogens is 160 g/mol. The number of carbonyl (C=O) groups is 1. The molecule has 7 heavy (non-hydrogen) atoms. The van der Waals surface area contributed by atoms with Crippen molar-refractivity contribution in [2.24, 2.45) is 0 Å². The van der Waals surface area contributed by atoms with Crippen molar-refractivity contribution in [1.82, 2.24) is 0 Å². The zero-order chi connectivity index (χ0) is 3.58. The third-order valence-electron chi connectivity index (χ3n) is 0. The molecular formula is CH7CaClMgO3. The SMILES string of the molecule is Cl.O=C(O)O.[CaH2].[MgH2]. The average Bonchev–Trinajstić information content (AvgIpc) is 0.811. The predicted molar refractivity (Wildman–Crippen MR) is 35.0 cm³/mol. The van der Waals surface area contributed by atoms with Gasteiger partial charge in [-0.15, -0.1) is 12.4 Å². The van der Waals surface area contributed by atoms with E-state index in [-0.39, 0.29) is 73.2 Å². The Morgan fingerprint density at radius 2 is 1.29 bits per heavy atom. The number of hydrogen-bond donors (Lipinski definition) is 2. The van der Waals surface area contributed by atoms with Gasteiger partial charge < -0.3 is 10.2 Å². The molecule has 0 aromatic heterocycles. The van der Waals surface area contributed by atoms with Gasteiger partial charge in [0.25, 0.3) is 0 Å². The van der Waals surface area contributed by atoms with Gasteiger partial charge in [-0.25, -0.2) is 4.79 Å². The Bertz CT molecular complexity index is 37.9. The fourth-order valence-electron chi connectivity index (χ4n) is 0. The summed E-state index contributed by atoms with van der Waals surface area (Å²) in [5.41, 5.74) is 0. The molecule has 0 radical (unpaired) electrons. The van der Waals surface area contributed by atoms with Crippen molar-refractivity contribution in [3.8, 4) is 0 Å². The summed E-state index contributed by atoms with van der Waals surface area (Å²) < 4.78 is 0. The molecule has 0 aromatic carbocycles. The molecule has 0 heterocycles. The number of hydrogen-bond acceptors (Lipinski definition) is 1. The summed E-state index contributed by atoms with van der Waals surface area (Å²) in [5.74, 6) is 0. The molecule has 0 saturated heterocycles. The van der Waals surface area contributed by atoms with E-state index in [0.717, 1.165) is 0 Å². The molecule has 0 aliphatic carbocycles. The number of halogens is 1. The Balaban J connectivity index is -0.0000000150. The van der Waals surface area contributed by atoms with Crippen LogP contribution in [0.3, 0.4) is 0 Å². The third kappa shape index (κ3) is 94.1. The summed E-state index contributed by atoms with van der Waals surface area (Å²) >= 11 is 0. The molecule has 0 fully saturated rings. The van der Waals surface area contributed by atoms with Crippen LogP contribution in [0.25, 0.3) is 0 Å². The van der Waals surface area contributed by atoms with E-state index in [1.807, 2.05) is 0 Å². The quantitative estimate of drug-likeness (QED) is 0.446. The van der Waals surface area contributed by atoms with Crippen molar-refractivity contribution < 1.29 is 15.0 Å². The first-order valence-corrected chi connectivity index (χ1v) is 0.651. The van der Waals surface area contributed by atoms with E-state index in [9.17, 15) is 0 Å². The Labute approximate surface area is 93.0 Å². The first-order valence-electron chi connectivity index (χ1n) is 0.651. The monoisotopic (exact) mass is 166 g/mol. The molecule has 0 aliphatic rings. The molecule has 6 heteroatoms. The maximum Gasteiger partial charge on any atom is 0.316 e. The van der Waals surface area contributed by atoms with Gasteiger partial charge >= 0.3 is 66.9 Å². The van der Waals surface area contributed by atoms with Crippen molar-refractivity contribution in [3.05, 3.63) is 0 Å². The molecule has 0 spiro atoms. The van der Waals surface area contributed by atoms with Crippen molar-refractivity contribution >= 4 is 79.4 Å². The van der Waals surface area contributed by atoms with Crippen LogP contribution in [0.15, 0.2) is 0 Å². The molecule has 0 rings (SSSR count). The first-order chi connectivity index (χ1) is 1.73. The molecule has 3 nitrogen and oxygen atoms in total. The number of rotatable bonds is 0. The second-order valence-corrected chi connectivity index (χ2v) is 0.283. The van der Waals surface area contributed by atoms with E-state index in [0.29, 0.717) is 0 Å². The molecule has 2 N–H and O–H groups in total. The van der Waals surface area contributed by atoms with Crippen LogP contribution in [0.2, 0.25) is 0 Å². The van der Waals surface area contributed by atoms with Crippen molar-refractivity contribution in [2.45, 2.75) is 0 Å². The summed E-state index contributed by atoms with van der Waals surface area (Å²) in [5, 5.41) is 13.9. The van der Waals surface area contributed by atoms with E-state index in [2.05, 4.69) is 0 Å². The van der Waals surface area contributed by atoms with Crippen LogP contribution < -0.4 is 0 Å². The smallest absolute Gasteiger partial charge is 0.316 e. The van der Waals surface area contributed by atoms with Gasteiger partial charge in [0, 0.05) is 0 Å². The van der Waals surface area contributed by atoms with Gasteiger partial charge in [-0.1, -0.05) is 0 Å². The number of carboxylic acid groups (broad SMARTS) is 2. The predicted octanol–water partition coefficient (Wildman–Crippen LogP) is -1.19. The van der Waals surface area contributed by atoms with Gasteiger partial charge in [-0.2, -0.15) is 0 Å². The van der Waals surface area contributed by atoms with Crippen LogP contribution in [-0.4, -0.2) is 77.2 Å². The summed E-state index contributed by atoms with van der Waals surface area (Å²) in [6.45, 7) is 0. The minimum Gasteiger partial charge on any atom is 0.316 e. The van der Waals surface area contributed by atoms with Gasteiger partial charge in [-0.05, 0) is 0 Å². The second-order valence-electron chi connectivity index (χ2n) is 0.283. The van der Waals surface area contributed by atoms with E-state index >= 15 is 0 Å². The summed E-state index contributed by atoms with van der Waals surface area (Å²) in [6.07, 6.45) is -1.83. The normalized spacial score (nSPS) is 3.43. The van der Waals surface area contributed by atoms with Gasteiger partial charge in [-0.3, -0.25) is 0 Å². The molecule has 0 saturated carbocycles. The van der Waals surface area contributed by atoms with Gasteiger partial charge in [0.1, 0.15) is 0 Å². The second kappa shape index (κ2) is 15.6. The minimum absolute atomic E-state index is 0. The largest absolute Gasteiger partial charge is 0.316 e. The molecule has 0 aromatic rings. The van der Waals surface area contributed by atoms with Crippen LogP contribution in [0.1, 0.15) is 0 Å². The molecule has 0 unspecified atom stereocenters.